The summed E-state index contributed by atoms with van der Waals surface area (Å²) in [5, 5.41) is 0. The van der Waals surface area contributed by atoms with E-state index in [1.807, 2.05) is 0 Å². The lowest BCUT2D eigenvalue weighted by molar-refractivity contribution is 0.324. The van der Waals surface area contributed by atoms with Crippen LogP contribution in [0.3, 0.4) is 0 Å². The Balaban J connectivity index is 2.38. The first-order valence-corrected chi connectivity index (χ1v) is 5.86. The van der Waals surface area contributed by atoms with E-state index in [4.69, 9.17) is 0 Å². The van der Waals surface area contributed by atoms with Crippen molar-refractivity contribution in [2.75, 3.05) is 0 Å². The molecule has 0 saturated carbocycles. The minimum Gasteiger partial charge on any atom is -0.0885 e. The Kier molecular flexibility index (Phi) is 4.55. The monoisotopic (exact) mass is 180 g/mol. The molecule has 0 atom stereocenters. The van der Waals surface area contributed by atoms with Crippen LogP contribution in [-0.4, -0.2) is 0 Å². The van der Waals surface area contributed by atoms with E-state index in [9.17, 15) is 0 Å². The summed E-state index contributed by atoms with van der Waals surface area (Å²) in [6.45, 7) is 4.80. The van der Waals surface area contributed by atoms with Gasteiger partial charge in [-0.1, -0.05) is 51.7 Å². The molecule has 0 nitrogen and oxygen atoms in total. The molecule has 76 valence electrons. The van der Waals surface area contributed by atoms with Crippen molar-refractivity contribution in [2.45, 2.75) is 65.2 Å². The maximum absolute atomic E-state index is 2.40. The van der Waals surface area contributed by atoms with Crippen LogP contribution in [0.25, 0.3) is 0 Å². The summed E-state index contributed by atoms with van der Waals surface area (Å²) in [4.78, 5) is 0. The van der Waals surface area contributed by atoms with E-state index in [2.05, 4.69) is 26.0 Å². The molecule has 13 heavy (non-hydrogen) atoms. The average molecular weight is 180 g/mol. The van der Waals surface area contributed by atoms with Crippen molar-refractivity contribution in [1.82, 2.24) is 0 Å². The van der Waals surface area contributed by atoms with Gasteiger partial charge in [0.1, 0.15) is 0 Å². The first kappa shape index (κ1) is 10.8. The van der Waals surface area contributed by atoms with Gasteiger partial charge in [-0.3, -0.25) is 0 Å². The van der Waals surface area contributed by atoms with Gasteiger partial charge in [0.05, 0.1) is 0 Å². The topological polar surface area (TPSA) is 0 Å². The third kappa shape index (κ3) is 5.13. The molecule has 0 saturated heterocycles. The van der Waals surface area contributed by atoms with Crippen LogP contribution in [0.1, 0.15) is 65.2 Å². The van der Waals surface area contributed by atoms with Gasteiger partial charge in [0, 0.05) is 0 Å². The van der Waals surface area contributed by atoms with Gasteiger partial charge in [0.15, 0.2) is 0 Å². The first-order chi connectivity index (χ1) is 6.21. The van der Waals surface area contributed by atoms with Gasteiger partial charge in [-0.15, -0.1) is 0 Å². The molecule has 0 heteroatoms. The third-order valence-corrected chi connectivity index (χ3v) is 3.06. The molecule has 0 aromatic carbocycles. The van der Waals surface area contributed by atoms with Crippen LogP contribution in [-0.2, 0) is 0 Å². The number of rotatable bonds is 0. The molecule has 0 unspecified atom stereocenters. The molecule has 0 bridgehead atoms. The van der Waals surface area contributed by atoms with Crippen molar-refractivity contribution in [3.63, 3.8) is 0 Å². The van der Waals surface area contributed by atoms with Crippen molar-refractivity contribution in [3.05, 3.63) is 12.2 Å². The van der Waals surface area contributed by atoms with E-state index >= 15 is 0 Å². The Morgan fingerprint density at radius 3 is 2.38 bits per heavy atom. The van der Waals surface area contributed by atoms with Crippen LogP contribution in [0.5, 0.6) is 0 Å². The van der Waals surface area contributed by atoms with Crippen LogP contribution < -0.4 is 0 Å². The normalized spacial score (nSPS) is 25.1. The summed E-state index contributed by atoms with van der Waals surface area (Å²) in [7, 11) is 0. The van der Waals surface area contributed by atoms with E-state index in [0.29, 0.717) is 5.41 Å². The third-order valence-electron chi connectivity index (χ3n) is 3.06. The van der Waals surface area contributed by atoms with E-state index in [-0.39, 0.29) is 0 Å². The van der Waals surface area contributed by atoms with Gasteiger partial charge in [-0.25, -0.2) is 0 Å². The van der Waals surface area contributed by atoms with Gasteiger partial charge < -0.3 is 0 Å². The van der Waals surface area contributed by atoms with Gasteiger partial charge >= 0.3 is 0 Å². The van der Waals surface area contributed by atoms with Gasteiger partial charge in [-0.2, -0.15) is 0 Å². The van der Waals surface area contributed by atoms with Gasteiger partial charge in [0.2, 0.25) is 0 Å². The Bertz CT molecular complexity index is 153. The Labute approximate surface area is 83.4 Å². The SMILES string of the molecule is CC1(C)CC=CCCCCCCC1. The molecular formula is C13H24. The predicted octanol–water partition coefficient (Wildman–Crippen LogP) is 4.70. The van der Waals surface area contributed by atoms with Crippen LogP contribution in [0.4, 0.5) is 0 Å². The molecule has 0 aromatic rings. The molecule has 0 heterocycles. The maximum atomic E-state index is 2.40. The highest BCUT2D eigenvalue weighted by molar-refractivity contribution is 4.87. The Morgan fingerprint density at radius 2 is 1.54 bits per heavy atom. The molecule has 1 rings (SSSR count). The Morgan fingerprint density at radius 1 is 0.846 bits per heavy atom. The lowest BCUT2D eigenvalue weighted by Crippen LogP contribution is -2.09. The zero-order valence-electron chi connectivity index (χ0n) is 9.31. The second-order valence-corrected chi connectivity index (χ2v) is 5.15. The minimum absolute atomic E-state index is 0.542. The average Bonchev–Trinajstić information content (AvgIpc) is 2.10. The number of allylic oxidation sites excluding steroid dienone is 2. The molecule has 1 aliphatic carbocycles. The highest BCUT2D eigenvalue weighted by Gasteiger charge is 2.15. The Hall–Kier alpha value is -0.260. The van der Waals surface area contributed by atoms with Crippen molar-refractivity contribution >= 4 is 0 Å². The lowest BCUT2D eigenvalue weighted by Gasteiger charge is -2.22. The van der Waals surface area contributed by atoms with E-state index in [1.165, 1.54) is 51.4 Å². The smallest absolute Gasteiger partial charge is 0.0299 e. The zero-order chi connectivity index (χ0) is 9.57. The van der Waals surface area contributed by atoms with Crippen LogP contribution >= 0.6 is 0 Å². The molecular weight excluding hydrogens is 156 g/mol. The van der Waals surface area contributed by atoms with Gasteiger partial charge in [-0.05, 0) is 31.1 Å². The first-order valence-electron chi connectivity index (χ1n) is 5.86. The molecule has 0 radical (unpaired) electrons. The fourth-order valence-corrected chi connectivity index (χ4v) is 2.02. The fourth-order valence-electron chi connectivity index (χ4n) is 2.02. The minimum atomic E-state index is 0.542. The van der Waals surface area contributed by atoms with Gasteiger partial charge in [0.25, 0.3) is 0 Å². The van der Waals surface area contributed by atoms with Crippen molar-refractivity contribution in [2.24, 2.45) is 5.41 Å². The second kappa shape index (κ2) is 5.47. The number of hydrogen-bond acceptors (Lipinski definition) is 0. The van der Waals surface area contributed by atoms with E-state index in [0.717, 1.165) is 0 Å². The molecule has 0 N–H and O–H groups in total. The highest BCUT2D eigenvalue weighted by Crippen LogP contribution is 2.29. The molecule has 1 aliphatic rings. The maximum Gasteiger partial charge on any atom is -0.0299 e. The highest BCUT2D eigenvalue weighted by atomic mass is 14.2. The summed E-state index contributed by atoms with van der Waals surface area (Å²) in [6, 6.07) is 0. The lowest BCUT2D eigenvalue weighted by atomic mass is 9.83. The largest absolute Gasteiger partial charge is 0.0885 e. The van der Waals surface area contributed by atoms with Crippen molar-refractivity contribution in [1.29, 1.82) is 0 Å². The van der Waals surface area contributed by atoms with Crippen LogP contribution in [0.15, 0.2) is 12.2 Å². The van der Waals surface area contributed by atoms with E-state index < -0.39 is 0 Å². The number of hydrogen-bond donors (Lipinski definition) is 0. The quantitative estimate of drug-likeness (QED) is 0.474. The fraction of sp³-hybridized carbons (Fsp3) is 0.846. The molecule has 0 fully saturated rings. The van der Waals surface area contributed by atoms with Crippen LogP contribution in [0.2, 0.25) is 0 Å². The molecule has 0 aliphatic heterocycles. The van der Waals surface area contributed by atoms with Crippen molar-refractivity contribution < 1.29 is 0 Å². The summed E-state index contributed by atoms with van der Waals surface area (Å²) < 4.78 is 0. The molecule has 0 spiro atoms. The predicted molar refractivity (Wildman–Crippen MR) is 59.9 cm³/mol. The summed E-state index contributed by atoms with van der Waals surface area (Å²) >= 11 is 0. The van der Waals surface area contributed by atoms with E-state index in [1.54, 1.807) is 0 Å². The summed E-state index contributed by atoms with van der Waals surface area (Å²) in [6.07, 6.45) is 15.9. The summed E-state index contributed by atoms with van der Waals surface area (Å²) in [5.74, 6) is 0. The standard InChI is InChI=1S/C13H24/c1-13(2)11-9-7-5-3-4-6-8-10-12-13/h7,9H,3-6,8,10-12H2,1-2H3. The molecule has 0 amide bonds. The van der Waals surface area contributed by atoms with Crippen molar-refractivity contribution in [3.8, 4) is 0 Å². The summed E-state index contributed by atoms with van der Waals surface area (Å²) in [5.41, 5.74) is 0.542. The second-order valence-electron chi connectivity index (χ2n) is 5.15. The molecule has 0 aromatic heterocycles. The zero-order valence-corrected chi connectivity index (χ0v) is 9.31. The van der Waals surface area contributed by atoms with Crippen LogP contribution in [0, 0.1) is 5.41 Å².